The number of fused-ring (bicyclic) bond motifs is 1. The summed E-state index contributed by atoms with van der Waals surface area (Å²) in [6, 6.07) is 16.0. The van der Waals surface area contributed by atoms with Crippen LogP contribution in [0.5, 0.6) is 0 Å². The van der Waals surface area contributed by atoms with Gasteiger partial charge in [-0.15, -0.1) is 0 Å². The molecule has 1 amide bonds. The maximum Gasteiger partial charge on any atom is 0.251 e. The summed E-state index contributed by atoms with van der Waals surface area (Å²) in [6.45, 7) is 2.14. The first kappa shape index (κ1) is 12.0. The number of benzene rings is 2. The monoisotopic (exact) mass is 251 g/mol. The molecule has 0 saturated carbocycles. The van der Waals surface area contributed by atoms with Crippen molar-refractivity contribution in [2.75, 3.05) is 0 Å². The van der Waals surface area contributed by atoms with Gasteiger partial charge in [-0.1, -0.05) is 36.4 Å². The molecule has 19 heavy (non-hydrogen) atoms. The Bertz CT molecular complexity index is 604. The number of rotatable bonds is 2. The maximum absolute atomic E-state index is 12.1. The van der Waals surface area contributed by atoms with Gasteiger partial charge in [0.15, 0.2) is 0 Å². The fourth-order valence-corrected chi connectivity index (χ4v) is 2.79. The largest absolute Gasteiger partial charge is 0.349 e. The van der Waals surface area contributed by atoms with Crippen LogP contribution in [0.4, 0.5) is 0 Å². The van der Waals surface area contributed by atoms with Crippen LogP contribution in [0.2, 0.25) is 0 Å². The molecule has 0 saturated heterocycles. The van der Waals surface area contributed by atoms with Crippen molar-refractivity contribution in [3.63, 3.8) is 0 Å². The Morgan fingerprint density at radius 3 is 2.58 bits per heavy atom. The van der Waals surface area contributed by atoms with Crippen LogP contribution in [-0.2, 0) is 12.8 Å². The van der Waals surface area contributed by atoms with Gasteiger partial charge in [-0.05, 0) is 48.6 Å². The highest BCUT2D eigenvalue weighted by molar-refractivity contribution is 5.94. The van der Waals surface area contributed by atoms with Crippen molar-refractivity contribution in [1.29, 1.82) is 0 Å². The Morgan fingerprint density at radius 2 is 1.84 bits per heavy atom. The molecule has 0 radical (unpaired) electrons. The van der Waals surface area contributed by atoms with E-state index in [0.717, 1.165) is 18.4 Å². The standard InChI is InChI=1S/C17H17NO/c1-12-6-5-9-14-10-15(11-16(12)14)18-17(19)13-7-3-2-4-8-13/h2-9,15H,10-11H2,1H3,(H,18,19). The smallest absolute Gasteiger partial charge is 0.251 e. The van der Waals surface area contributed by atoms with Gasteiger partial charge in [0.2, 0.25) is 0 Å². The SMILES string of the molecule is Cc1cccc2c1CC(NC(=O)c1ccccc1)C2. The third-order valence-corrected chi connectivity index (χ3v) is 3.80. The van der Waals surface area contributed by atoms with E-state index in [0.29, 0.717) is 0 Å². The van der Waals surface area contributed by atoms with Crippen molar-refractivity contribution in [2.24, 2.45) is 0 Å². The molecule has 2 aromatic carbocycles. The van der Waals surface area contributed by atoms with Gasteiger partial charge >= 0.3 is 0 Å². The summed E-state index contributed by atoms with van der Waals surface area (Å²) in [5, 5.41) is 3.13. The van der Waals surface area contributed by atoms with E-state index in [1.807, 2.05) is 30.3 Å². The molecular formula is C17H17NO. The average molecular weight is 251 g/mol. The zero-order chi connectivity index (χ0) is 13.2. The summed E-state index contributed by atoms with van der Waals surface area (Å²) in [6.07, 6.45) is 1.89. The van der Waals surface area contributed by atoms with E-state index in [2.05, 4.69) is 30.4 Å². The molecule has 1 unspecified atom stereocenters. The molecule has 1 atom stereocenters. The summed E-state index contributed by atoms with van der Waals surface area (Å²) in [5.74, 6) is 0.0241. The lowest BCUT2D eigenvalue weighted by molar-refractivity contribution is 0.0938. The number of amides is 1. The average Bonchev–Trinajstić information content (AvgIpc) is 2.84. The van der Waals surface area contributed by atoms with Crippen molar-refractivity contribution in [1.82, 2.24) is 5.32 Å². The molecule has 0 heterocycles. The molecule has 96 valence electrons. The summed E-state index contributed by atoms with van der Waals surface area (Å²) >= 11 is 0. The first-order chi connectivity index (χ1) is 9.24. The van der Waals surface area contributed by atoms with E-state index in [-0.39, 0.29) is 11.9 Å². The first-order valence-electron chi connectivity index (χ1n) is 6.67. The third kappa shape index (κ3) is 2.39. The second-order valence-electron chi connectivity index (χ2n) is 5.16. The van der Waals surface area contributed by atoms with Gasteiger partial charge in [0, 0.05) is 11.6 Å². The van der Waals surface area contributed by atoms with Crippen LogP contribution in [0.15, 0.2) is 48.5 Å². The number of hydrogen-bond acceptors (Lipinski definition) is 1. The molecule has 3 rings (SSSR count). The summed E-state index contributed by atoms with van der Waals surface area (Å²) < 4.78 is 0. The van der Waals surface area contributed by atoms with Crippen LogP contribution in [0.1, 0.15) is 27.0 Å². The van der Waals surface area contributed by atoms with Crippen LogP contribution in [0.3, 0.4) is 0 Å². The first-order valence-corrected chi connectivity index (χ1v) is 6.67. The van der Waals surface area contributed by atoms with Crippen LogP contribution < -0.4 is 5.32 Å². The molecule has 1 N–H and O–H groups in total. The normalized spacial score (nSPS) is 17.0. The number of hydrogen-bond donors (Lipinski definition) is 1. The van der Waals surface area contributed by atoms with E-state index in [1.54, 1.807) is 0 Å². The highest BCUT2D eigenvalue weighted by Gasteiger charge is 2.24. The zero-order valence-corrected chi connectivity index (χ0v) is 11.0. The van der Waals surface area contributed by atoms with E-state index >= 15 is 0 Å². The predicted octanol–water partition coefficient (Wildman–Crippen LogP) is 2.89. The Kier molecular flexibility index (Phi) is 3.08. The minimum absolute atomic E-state index is 0.0241. The van der Waals surface area contributed by atoms with E-state index < -0.39 is 0 Å². The lowest BCUT2D eigenvalue weighted by Gasteiger charge is -2.12. The van der Waals surface area contributed by atoms with Gasteiger partial charge in [-0.3, -0.25) is 4.79 Å². The molecule has 0 fully saturated rings. The van der Waals surface area contributed by atoms with E-state index in [4.69, 9.17) is 0 Å². The van der Waals surface area contributed by atoms with Crippen LogP contribution >= 0.6 is 0 Å². The van der Waals surface area contributed by atoms with Gasteiger partial charge in [0.05, 0.1) is 0 Å². The summed E-state index contributed by atoms with van der Waals surface area (Å²) in [4.78, 5) is 12.1. The predicted molar refractivity (Wildman–Crippen MR) is 76.3 cm³/mol. The number of nitrogens with one attached hydrogen (secondary N) is 1. The van der Waals surface area contributed by atoms with Gasteiger partial charge in [-0.2, -0.15) is 0 Å². The van der Waals surface area contributed by atoms with Crippen molar-refractivity contribution >= 4 is 5.91 Å². The van der Waals surface area contributed by atoms with Gasteiger partial charge in [0.25, 0.3) is 5.91 Å². The van der Waals surface area contributed by atoms with Crippen LogP contribution in [-0.4, -0.2) is 11.9 Å². The molecular weight excluding hydrogens is 234 g/mol. The zero-order valence-electron chi connectivity index (χ0n) is 11.0. The lowest BCUT2D eigenvalue weighted by atomic mass is 10.1. The molecule has 2 aromatic rings. The van der Waals surface area contributed by atoms with Gasteiger partial charge in [0.1, 0.15) is 0 Å². The van der Waals surface area contributed by atoms with Crippen LogP contribution in [0, 0.1) is 6.92 Å². The molecule has 1 aliphatic rings. The van der Waals surface area contributed by atoms with Crippen LogP contribution in [0.25, 0.3) is 0 Å². The molecule has 0 bridgehead atoms. The lowest BCUT2D eigenvalue weighted by Crippen LogP contribution is -2.35. The highest BCUT2D eigenvalue weighted by Crippen LogP contribution is 2.25. The van der Waals surface area contributed by atoms with Crippen molar-refractivity contribution in [2.45, 2.75) is 25.8 Å². The number of carbonyl (C=O) groups is 1. The Hall–Kier alpha value is -2.09. The second-order valence-corrected chi connectivity index (χ2v) is 5.16. The topological polar surface area (TPSA) is 29.1 Å². The van der Waals surface area contributed by atoms with E-state index in [9.17, 15) is 4.79 Å². The Balaban J connectivity index is 1.71. The molecule has 2 heteroatoms. The third-order valence-electron chi connectivity index (χ3n) is 3.80. The van der Waals surface area contributed by atoms with Crippen molar-refractivity contribution < 1.29 is 4.79 Å². The van der Waals surface area contributed by atoms with Gasteiger partial charge in [-0.25, -0.2) is 0 Å². The Labute approximate surface area is 113 Å². The summed E-state index contributed by atoms with van der Waals surface area (Å²) in [5.41, 5.74) is 4.84. The Morgan fingerprint density at radius 1 is 1.05 bits per heavy atom. The molecule has 1 aliphatic carbocycles. The van der Waals surface area contributed by atoms with E-state index in [1.165, 1.54) is 16.7 Å². The molecule has 0 aromatic heterocycles. The summed E-state index contributed by atoms with van der Waals surface area (Å²) in [7, 11) is 0. The number of carbonyl (C=O) groups excluding carboxylic acids is 1. The fourth-order valence-electron chi connectivity index (χ4n) is 2.79. The molecule has 0 spiro atoms. The molecule has 2 nitrogen and oxygen atoms in total. The van der Waals surface area contributed by atoms with Gasteiger partial charge < -0.3 is 5.32 Å². The molecule has 0 aliphatic heterocycles. The quantitative estimate of drug-likeness (QED) is 0.873. The number of aryl methyl sites for hydroxylation is 1. The second kappa shape index (κ2) is 4.88. The van der Waals surface area contributed by atoms with Crippen molar-refractivity contribution in [3.8, 4) is 0 Å². The van der Waals surface area contributed by atoms with Crippen molar-refractivity contribution in [3.05, 3.63) is 70.8 Å². The minimum Gasteiger partial charge on any atom is -0.349 e. The maximum atomic E-state index is 12.1. The fraction of sp³-hybridized carbons (Fsp3) is 0.235. The highest BCUT2D eigenvalue weighted by atomic mass is 16.1. The minimum atomic E-state index is 0.0241.